The van der Waals surface area contributed by atoms with Gasteiger partial charge in [-0.15, -0.1) is 0 Å². The van der Waals surface area contributed by atoms with Crippen molar-refractivity contribution in [1.82, 2.24) is 30.1 Å². The van der Waals surface area contributed by atoms with E-state index in [1.165, 1.54) is 0 Å². The highest BCUT2D eigenvalue weighted by atomic mass is 35.5. The number of nitrogens with zero attached hydrogens (tertiary/aromatic N) is 5. The Balaban J connectivity index is 1.12. The predicted molar refractivity (Wildman–Crippen MR) is 240 cm³/mol. The number of aliphatic hydroxyl groups is 1. The Morgan fingerprint density at radius 2 is 1.48 bits per heavy atom. The molecule has 7 aromatic rings. The van der Waals surface area contributed by atoms with Crippen LogP contribution in [0.15, 0.2) is 101 Å². The van der Waals surface area contributed by atoms with Gasteiger partial charge in [0, 0.05) is 68.1 Å². The van der Waals surface area contributed by atoms with Crippen LogP contribution in [0.1, 0.15) is 65.6 Å². The first kappa shape index (κ1) is 40.5. The number of amides is 3. The van der Waals surface area contributed by atoms with Gasteiger partial charge >= 0.3 is 0 Å². The summed E-state index contributed by atoms with van der Waals surface area (Å²) in [6.07, 6.45) is 4.98. The normalized spacial score (nSPS) is 18.8. The molecule has 13 nitrogen and oxygen atoms in total. The topological polar surface area (TPSA) is 165 Å². The lowest BCUT2D eigenvalue weighted by Gasteiger charge is -2.28. The van der Waals surface area contributed by atoms with Crippen molar-refractivity contribution >= 4 is 63.3 Å². The minimum atomic E-state index is -0.959. The minimum Gasteiger partial charge on any atom is -0.374 e. The molecule has 3 aliphatic rings. The van der Waals surface area contributed by atoms with Crippen molar-refractivity contribution < 1.29 is 24.0 Å². The minimum absolute atomic E-state index is 0.0872. The maximum absolute atomic E-state index is 13.6. The molecular formula is C48H41Cl2N7O6. The van der Waals surface area contributed by atoms with Crippen LogP contribution in [-0.4, -0.2) is 55.1 Å². The van der Waals surface area contributed by atoms with Gasteiger partial charge in [0.05, 0.1) is 33.3 Å². The molecule has 3 N–H and O–H groups in total. The molecule has 0 spiro atoms. The van der Waals surface area contributed by atoms with Gasteiger partial charge in [-0.05, 0) is 131 Å². The van der Waals surface area contributed by atoms with Crippen molar-refractivity contribution in [2.24, 2.45) is 14.1 Å². The zero-order valence-electron chi connectivity index (χ0n) is 34.3. The number of aliphatic hydroxyl groups excluding tert-OH is 1. The van der Waals surface area contributed by atoms with Crippen LogP contribution in [0.2, 0.25) is 10.0 Å². The van der Waals surface area contributed by atoms with E-state index in [1.807, 2.05) is 90.9 Å². The third kappa shape index (κ3) is 7.39. The Labute approximate surface area is 371 Å². The number of halogens is 2. The summed E-state index contributed by atoms with van der Waals surface area (Å²) in [6.45, 7) is 0.629. The monoisotopic (exact) mass is 881 g/mol. The van der Waals surface area contributed by atoms with Crippen LogP contribution in [0.3, 0.4) is 0 Å². The van der Waals surface area contributed by atoms with Crippen LogP contribution < -0.4 is 21.1 Å². The highest BCUT2D eigenvalue weighted by Crippen LogP contribution is 2.46. The summed E-state index contributed by atoms with van der Waals surface area (Å²) >= 11 is 14.7. The lowest BCUT2D eigenvalue weighted by atomic mass is 9.83. The number of nitrogens with one attached hydrogen (secondary N) is 2. The van der Waals surface area contributed by atoms with Gasteiger partial charge in [0.2, 0.25) is 17.7 Å². The summed E-state index contributed by atoms with van der Waals surface area (Å²) in [7, 11) is 3.60. The van der Waals surface area contributed by atoms with Crippen molar-refractivity contribution in [3.63, 3.8) is 0 Å². The van der Waals surface area contributed by atoms with Crippen molar-refractivity contribution in [2.45, 2.75) is 56.6 Å². The lowest BCUT2D eigenvalue weighted by molar-refractivity contribution is -0.134. The zero-order valence-corrected chi connectivity index (χ0v) is 35.8. The maximum atomic E-state index is 13.6. The molecule has 318 valence electrons. The molecule has 10 rings (SSSR count). The molecule has 0 radical (unpaired) electrons. The van der Waals surface area contributed by atoms with Crippen molar-refractivity contribution in [1.29, 1.82) is 0 Å². The van der Waals surface area contributed by atoms with Crippen LogP contribution in [0.5, 0.6) is 0 Å². The molecule has 2 saturated heterocycles. The predicted octanol–water partition coefficient (Wildman–Crippen LogP) is 7.69. The largest absolute Gasteiger partial charge is 0.374 e. The molecule has 0 bridgehead atoms. The van der Waals surface area contributed by atoms with Gasteiger partial charge in [-0.1, -0.05) is 40.5 Å². The molecule has 3 aliphatic heterocycles. The number of hydrogen-bond donors (Lipinski definition) is 3. The van der Waals surface area contributed by atoms with Crippen molar-refractivity contribution in [3.8, 4) is 33.4 Å². The first-order valence-electron chi connectivity index (χ1n) is 20.8. The summed E-state index contributed by atoms with van der Waals surface area (Å²) in [6, 6.07) is 25.1. The van der Waals surface area contributed by atoms with Gasteiger partial charge < -0.3 is 24.4 Å². The van der Waals surface area contributed by atoms with Crippen LogP contribution in [0.4, 0.5) is 11.4 Å². The number of benzene rings is 4. The van der Waals surface area contributed by atoms with E-state index in [0.717, 1.165) is 39.2 Å². The fourth-order valence-corrected chi connectivity index (χ4v) is 9.96. The van der Waals surface area contributed by atoms with Crippen LogP contribution in [0.25, 0.3) is 44.3 Å². The average molecular weight is 883 g/mol. The molecule has 3 aromatic heterocycles. The van der Waals surface area contributed by atoms with Crippen molar-refractivity contribution in [2.75, 3.05) is 11.4 Å². The fraction of sp³-hybridized carbons (Fsp3) is 0.250. The number of imide groups is 1. The molecule has 0 aliphatic carbocycles. The number of carbonyl (C=O) groups excluding carboxylic acids is 3. The first-order valence-corrected chi connectivity index (χ1v) is 21.6. The quantitative estimate of drug-likeness (QED) is 0.130. The molecule has 15 heteroatoms. The SMILES string of the molecule is Cn1ccc(Cc2noc3cc(-c4cc(-c5cc(-c6ccc7c(c6)CCN7c6cccn(C)c6=O)c(Cl)c(C6CCC(O)NC6=O)c5)cc(C5CCC(=O)NC5=O)c4Cl)ccc23)n1. The van der Waals surface area contributed by atoms with Crippen LogP contribution in [0, 0.1) is 0 Å². The molecule has 4 aromatic carbocycles. The highest BCUT2D eigenvalue weighted by Gasteiger charge is 2.34. The van der Waals surface area contributed by atoms with Gasteiger partial charge in [0.25, 0.3) is 5.56 Å². The van der Waals surface area contributed by atoms with Gasteiger partial charge in [0.1, 0.15) is 11.9 Å². The van der Waals surface area contributed by atoms with Crippen molar-refractivity contribution in [3.05, 3.63) is 140 Å². The van der Waals surface area contributed by atoms with Crippen LogP contribution in [-0.2, 0) is 41.3 Å². The summed E-state index contributed by atoms with van der Waals surface area (Å²) in [5.74, 6) is -2.49. The number of carbonyl (C=O) groups is 3. The Kier molecular flexibility index (Phi) is 10.3. The third-order valence-corrected chi connectivity index (χ3v) is 13.4. The smallest absolute Gasteiger partial charge is 0.274 e. The Hall–Kier alpha value is -6.54. The molecule has 6 heterocycles. The molecule has 3 amide bonds. The van der Waals surface area contributed by atoms with Gasteiger partial charge in [0.15, 0.2) is 5.58 Å². The Morgan fingerprint density at radius 1 is 0.762 bits per heavy atom. The van der Waals surface area contributed by atoms with E-state index in [0.29, 0.717) is 86.9 Å². The molecule has 3 unspecified atom stereocenters. The number of piperidine rings is 2. The van der Waals surface area contributed by atoms with E-state index in [4.69, 9.17) is 27.7 Å². The van der Waals surface area contributed by atoms with Crippen LogP contribution >= 0.6 is 23.2 Å². The molecule has 2 fully saturated rings. The number of pyridine rings is 1. The summed E-state index contributed by atoms with van der Waals surface area (Å²) in [5.41, 5.74) is 10.0. The number of aryl methyl sites for hydroxylation is 2. The summed E-state index contributed by atoms with van der Waals surface area (Å²) < 4.78 is 9.16. The van der Waals surface area contributed by atoms with Gasteiger partial charge in [-0.25, -0.2) is 0 Å². The van der Waals surface area contributed by atoms with E-state index in [-0.39, 0.29) is 30.2 Å². The number of aromatic nitrogens is 4. The summed E-state index contributed by atoms with van der Waals surface area (Å²) in [5, 5.41) is 25.9. The maximum Gasteiger partial charge on any atom is 0.274 e. The molecule has 3 atom stereocenters. The summed E-state index contributed by atoms with van der Waals surface area (Å²) in [4.78, 5) is 54.6. The van der Waals surface area contributed by atoms with E-state index in [9.17, 15) is 24.3 Å². The molecular weight excluding hydrogens is 841 g/mol. The Morgan fingerprint density at radius 3 is 2.17 bits per heavy atom. The lowest BCUT2D eigenvalue weighted by Crippen LogP contribution is -2.42. The second kappa shape index (κ2) is 16.0. The average Bonchev–Trinajstić information content (AvgIpc) is 4.00. The third-order valence-electron chi connectivity index (χ3n) is 12.5. The number of rotatable bonds is 8. The highest BCUT2D eigenvalue weighted by molar-refractivity contribution is 6.35. The fourth-order valence-electron chi connectivity index (χ4n) is 9.26. The second-order valence-corrected chi connectivity index (χ2v) is 17.3. The van der Waals surface area contributed by atoms with E-state index in [1.54, 1.807) is 22.5 Å². The van der Waals surface area contributed by atoms with Gasteiger partial charge in [-0.2, -0.15) is 5.10 Å². The zero-order chi connectivity index (χ0) is 43.7. The molecule has 0 saturated carbocycles. The number of anilines is 2. The first-order chi connectivity index (χ1) is 30.4. The number of fused-ring (bicyclic) bond motifs is 2. The standard InChI is InChI=1S/C48H41Cl2N7O6/c1-55-15-3-4-40(48(55)62)57-17-13-27-18-25(6-10-39(27)57)34-19-28(21-36(44(34)49)31-8-11-42(58)51-46(31)60)29-20-35(45(50)37(22-29)32-9-12-43(59)52-47(32)61)26-5-7-33-38(54-63-41(33)23-26)24-30-14-16-56(2)53-30/h3-7,10,14-16,18-23,31-32,42,58H,8-9,11-13,17,24H2,1-2H3,(H,51,60)(H,52,59,61). The van der Waals surface area contributed by atoms with Gasteiger partial charge in [-0.3, -0.25) is 29.2 Å². The van der Waals surface area contributed by atoms with E-state index in [2.05, 4.69) is 27.0 Å². The molecule has 63 heavy (non-hydrogen) atoms. The van der Waals surface area contributed by atoms with E-state index < -0.39 is 24.0 Å². The van der Waals surface area contributed by atoms with E-state index >= 15 is 0 Å². The second-order valence-electron chi connectivity index (χ2n) is 16.6. The number of hydrogen-bond acceptors (Lipinski definition) is 9. The Bertz CT molecular complexity index is 3100.